The van der Waals surface area contributed by atoms with Crippen molar-refractivity contribution in [2.75, 3.05) is 5.75 Å². The molecule has 5 heteroatoms. The summed E-state index contributed by atoms with van der Waals surface area (Å²) in [5, 5.41) is 18.4. The first kappa shape index (κ1) is 12.5. The van der Waals surface area contributed by atoms with Crippen LogP contribution in [-0.4, -0.2) is 31.2 Å². The molecule has 0 spiro atoms. The summed E-state index contributed by atoms with van der Waals surface area (Å²) in [5.41, 5.74) is -0.704. The van der Waals surface area contributed by atoms with E-state index >= 15 is 0 Å². The first-order valence-corrected chi connectivity index (χ1v) is 5.94. The number of hydrogen-bond donors (Lipinski definition) is 1. The van der Waals surface area contributed by atoms with Gasteiger partial charge in [-0.2, -0.15) is 0 Å². The van der Waals surface area contributed by atoms with E-state index in [0.717, 1.165) is 5.16 Å². The number of nitrogens with zero attached hydrogens (tertiary/aromatic N) is 3. The molecule has 4 nitrogen and oxygen atoms in total. The molecule has 0 saturated heterocycles. The maximum absolute atomic E-state index is 9.63. The van der Waals surface area contributed by atoms with E-state index in [4.69, 9.17) is 0 Å². The Morgan fingerprint density at radius 2 is 1.93 bits per heavy atom. The molecular weight excluding hydrogens is 210 g/mol. The van der Waals surface area contributed by atoms with E-state index in [1.54, 1.807) is 20.2 Å². The molecule has 86 valence electrons. The van der Waals surface area contributed by atoms with Gasteiger partial charge in [-0.3, -0.25) is 0 Å². The molecule has 0 saturated carbocycles. The van der Waals surface area contributed by atoms with Gasteiger partial charge in [0.05, 0.1) is 5.60 Å². The van der Waals surface area contributed by atoms with E-state index in [2.05, 4.69) is 31.0 Å². The second-order valence-corrected chi connectivity index (χ2v) is 6.20. The Kier molecular flexibility index (Phi) is 3.45. The lowest BCUT2D eigenvalue weighted by atomic mass is 10.1. The fourth-order valence-corrected chi connectivity index (χ4v) is 2.07. The zero-order valence-electron chi connectivity index (χ0n) is 9.98. The van der Waals surface area contributed by atoms with Crippen molar-refractivity contribution in [1.82, 2.24) is 14.8 Å². The van der Waals surface area contributed by atoms with Crippen molar-refractivity contribution in [1.29, 1.82) is 0 Å². The quantitative estimate of drug-likeness (QED) is 0.804. The maximum Gasteiger partial charge on any atom is 0.191 e. The van der Waals surface area contributed by atoms with Gasteiger partial charge in [0.1, 0.15) is 6.33 Å². The molecular formula is C10H19N3OS. The van der Waals surface area contributed by atoms with Crippen LogP contribution in [0.2, 0.25) is 0 Å². The zero-order valence-corrected chi connectivity index (χ0v) is 10.8. The summed E-state index contributed by atoms with van der Waals surface area (Å²) >= 11 is 1.53. The monoisotopic (exact) mass is 229 g/mol. The second kappa shape index (κ2) is 4.14. The Bertz CT molecular complexity index is 322. The van der Waals surface area contributed by atoms with Crippen molar-refractivity contribution in [2.24, 2.45) is 0 Å². The van der Waals surface area contributed by atoms with Crippen LogP contribution in [0.3, 0.4) is 0 Å². The van der Waals surface area contributed by atoms with Crippen LogP contribution in [0, 0.1) is 0 Å². The normalized spacial score (nSPS) is 13.2. The number of rotatable bonds is 3. The average molecular weight is 229 g/mol. The van der Waals surface area contributed by atoms with Crippen molar-refractivity contribution in [3.05, 3.63) is 6.33 Å². The third-order valence-corrected chi connectivity index (χ3v) is 3.18. The minimum absolute atomic E-state index is 0.0224. The fourth-order valence-electron chi connectivity index (χ4n) is 1.02. The molecule has 0 atom stereocenters. The highest BCUT2D eigenvalue weighted by atomic mass is 32.2. The molecule has 0 aliphatic rings. The Morgan fingerprint density at radius 1 is 1.33 bits per heavy atom. The van der Waals surface area contributed by atoms with Crippen molar-refractivity contribution < 1.29 is 5.11 Å². The van der Waals surface area contributed by atoms with Gasteiger partial charge >= 0.3 is 0 Å². The van der Waals surface area contributed by atoms with Crippen LogP contribution in [-0.2, 0) is 5.54 Å². The molecule has 1 rings (SSSR count). The maximum atomic E-state index is 9.63. The SMILES string of the molecule is CC(C)(O)CSc1nncn1C(C)(C)C. The fraction of sp³-hybridized carbons (Fsp3) is 0.800. The molecule has 1 aromatic rings. The van der Waals surface area contributed by atoms with Gasteiger partial charge in [-0.25, -0.2) is 0 Å². The predicted molar refractivity (Wildman–Crippen MR) is 62.0 cm³/mol. The summed E-state index contributed by atoms with van der Waals surface area (Å²) in [6.07, 6.45) is 1.73. The van der Waals surface area contributed by atoms with Gasteiger partial charge < -0.3 is 9.67 Å². The highest BCUT2D eigenvalue weighted by molar-refractivity contribution is 7.99. The van der Waals surface area contributed by atoms with Gasteiger partial charge in [0.2, 0.25) is 0 Å². The highest BCUT2D eigenvalue weighted by Gasteiger charge is 2.20. The lowest BCUT2D eigenvalue weighted by molar-refractivity contribution is 0.107. The van der Waals surface area contributed by atoms with Crippen LogP contribution in [0.15, 0.2) is 11.5 Å². The summed E-state index contributed by atoms with van der Waals surface area (Å²) in [5.74, 6) is 0.613. The van der Waals surface area contributed by atoms with Gasteiger partial charge in [-0.15, -0.1) is 10.2 Å². The third kappa shape index (κ3) is 3.83. The largest absolute Gasteiger partial charge is 0.390 e. The topological polar surface area (TPSA) is 50.9 Å². The van der Waals surface area contributed by atoms with E-state index in [9.17, 15) is 5.11 Å². The van der Waals surface area contributed by atoms with Crippen molar-refractivity contribution in [3.8, 4) is 0 Å². The molecule has 0 aliphatic heterocycles. The first-order valence-electron chi connectivity index (χ1n) is 4.96. The minimum Gasteiger partial charge on any atom is -0.390 e. The Labute approximate surface area is 95.1 Å². The van der Waals surface area contributed by atoms with E-state index in [1.165, 1.54) is 11.8 Å². The van der Waals surface area contributed by atoms with Crippen molar-refractivity contribution in [3.63, 3.8) is 0 Å². The van der Waals surface area contributed by atoms with Gasteiger partial charge in [-0.05, 0) is 34.6 Å². The van der Waals surface area contributed by atoms with E-state index < -0.39 is 5.60 Å². The standard InChI is InChI=1S/C10H19N3OS/c1-9(2,3)13-7-11-12-8(13)15-6-10(4,5)14/h7,14H,6H2,1-5H3. The lowest BCUT2D eigenvalue weighted by Crippen LogP contribution is -2.24. The average Bonchev–Trinajstić information content (AvgIpc) is 2.45. The Balaban J connectivity index is 2.75. The molecule has 0 radical (unpaired) electrons. The molecule has 0 aliphatic carbocycles. The van der Waals surface area contributed by atoms with Crippen molar-refractivity contribution in [2.45, 2.75) is 50.9 Å². The molecule has 0 amide bonds. The second-order valence-electron chi connectivity index (χ2n) is 5.26. The van der Waals surface area contributed by atoms with Crippen LogP contribution in [0.25, 0.3) is 0 Å². The third-order valence-electron chi connectivity index (χ3n) is 1.79. The zero-order chi connectivity index (χ0) is 11.7. The Hall–Kier alpha value is -0.550. The lowest BCUT2D eigenvalue weighted by Gasteiger charge is -2.23. The predicted octanol–water partition coefficient (Wildman–Crippen LogP) is 1.90. The van der Waals surface area contributed by atoms with Crippen molar-refractivity contribution >= 4 is 11.8 Å². The molecule has 0 fully saturated rings. The Morgan fingerprint density at radius 3 is 2.40 bits per heavy atom. The molecule has 15 heavy (non-hydrogen) atoms. The molecule has 0 bridgehead atoms. The molecule has 1 aromatic heterocycles. The summed E-state index contributed by atoms with van der Waals surface area (Å²) in [7, 11) is 0. The summed E-state index contributed by atoms with van der Waals surface area (Å²) in [4.78, 5) is 0. The molecule has 1 N–H and O–H groups in total. The van der Waals surface area contributed by atoms with E-state index in [0.29, 0.717) is 5.75 Å². The van der Waals surface area contributed by atoms with E-state index in [-0.39, 0.29) is 5.54 Å². The number of aliphatic hydroxyl groups is 1. The minimum atomic E-state index is -0.681. The highest BCUT2D eigenvalue weighted by Crippen LogP contribution is 2.25. The molecule has 0 aromatic carbocycles. The van der Waals surface area contributed by atoms with E-state index in [1.807, 2.05) is 4.57 Å². The van der Waals surface area contributed by atoms with Gasteiger partial charge in [0.25, 0.3) is 0 Å². The number of thioether (sulfide) groups is 1. The van der Waals surface area contributed by atoms with Gasteiger partial charge in [0, 0.05) is 11.3 Å². The number of aromatic nitrogens is 3. The van der Waals surface area contributed by atoms with Gasteiger partial charge in [-0.1, -0.05) is 11.8 Å². The smallest absolute Gasteiger partial charge is 0.191 e. The molecule has 0 unspecified atom stereocenters. The number of hydrogen-bond acceptors (Lipinski definition) is 4. The van der Waals surface area contributed by atoms with Gasteiger partial charge in [0.15, 0.2) is 5.16 Å². The van der Waals surface area contributed by atoms with Crippen LogP contribution in [0.5, 0.6) is 0 Å². The van der Waals surface area contributed by atoms with Crippen LogP contribution in [0.1, 0.15) is 34.6 Å². The summed E-state index contributed by atoms with van der Waals surface area (Å²) < 4.78 is 2.02. The molecule has 1 heterocycles. The van der Waals surface area contributed by atoms with Crippen LogP contribution in [0.4, 0.5) is 0 Å². The van der Waals surface area contributed by atoms with Crippen LogP contribution >= 0.6 is 11.8 Å². The summed E-state index contributed by atoms with van der Waals surface area (Å²) in [6, 6.07) is 0. The van der Waals surface area contributed by atoms with Crippen LogP contribution < -0.4 is 0 Å². The summed E-state index contributed by atoms with van der Waals surface area (Å²) in [6.45, 7) is 9.88. The first-order chi connectivity index (χ1) is 6.70.